The summed E-state index contributed by atoms with van der Waals surface area (Å²) in [7, 11) is 3.15. The molecule has 146 valence electrons. The summed E-state index contributed by atoms with van der Waals surface area (Å²) in [5, 5.41) is 10.8. The number of carbonyl (C=O) groups excluding carboxylic acids is 2. The molecule has 0 saturated carbocycles. The van der Waals surface area contributed by atoms with Crippen LogP contribution in [0.5, 0.6) is 5.75 Å². The number of hydrogen-bond acceptors (Lipinski definition) is 6. The monoisotopic (exact) mass is 382 g/mol. The van der Waals surface area contributed by atoms with E-state index < -0.39 is 17.7 Å². The second-order valence-electron chi connectivity index (χ2n) is 6.35. The summed E-state index contributed by atoms with van der Waals surface area (Å²) < 4.78 is 10.3. The first-order chi connectivity index (χ1) is 13.6. The molecule has 1 aliphatic heterocycles. The Morgan fingerprint density at radius 1 is 1.11 bits per heavy atom. The highest BCUT2D eigenvalue weighted by atomic mass is 16.5. The minimum absolute atomic E-state index is 0.0683. The fourth-order valence-electron chi connectivity index (χ4n) is 3.29. The summed E-state index contributed by atoms with van der Waals surface area (Å²) in [6.45, 7) is 0.797. The number of methoxy groups -OCH3 is 2. The minimum Gasteiger partial charge on any atom is -0.507 e. The van der Waals surface area contributed by atoms with Gasteiger partial charge in [-0.15, -0.1) is 0 Å². The van der Waals surface area contributed by atoms with Crippen LogP contribution in [-0.2, 0) is 14.3 Å². The topological polar surface area (TPSA) is 89.0 Å². The van der Waals surface area contributed by atoms with Crippen molar-refractivity contribution in [3.63, 3.8) is 0 Å². The highest BCUT2D eigenvalue weighted by Gasteiger charge is 2.45. The molecule has 1 N–H and O–H groups in total. The maximum atomic E-state index is 12.8. The van der Waals surface area contributed by atoms with Gasteiger partial charge in [0.15, 0.2) is 0 Å². The van der Waals surface area contributed by atoms with Gasteiger partial charge in [0.2, 0.25) is 0 Å². The second-order valence-corrected chi connectivity index (χ2v) is 6.35. The van der Waals surface area contributed by atoms with Crippen molar-refractivity contribution < 1.29 is 24.2 Å². The molecule has 7 heteroatoms. The number of amides is 1. The number of aliphatic hydroxyl groups is 1. The van der Waals surface area contributed by atoms with Crippen molar-refractivity contribution in [2.24, 2.45) is 0 Å². The molecule has 0 aliphatic carbocycles. The van der Waals surface area contributed by atoms with Gasteiger partial charge in [-0.3, -0.25) is 14.6 Å². The third-order valence-electron chi connectivity index (χ3n) is 4.67. The Morgan fingerprint density at radius 3 is 2.39 bits per heavy atom. The van der Waals surface area contributed by atoms with Crippen LogP contribution in [0.1, 0.15) is 23.6 Å². The van der Waals surface area contributed by atoms with Crippen molar-refractivity contribution in [1.82, 2.24) is 9.88 Å². The van der Waals surface area contributed by atoms with Gasteiger partial charge in [0, 0.05) is 38.2 Å². The largest absolute Gasteiger partial charge is 0.507 e. The van der Waals surface area contributed by atoms with Gasteiger partial charge in [0.05, 0.1) is 18.7 Å². The van der Waals surface area contributed by atoms with Gasteiger partial charge < -0.3 is 19.5 Å². The number of hydrogen-bond donors (Lipinski definition) is 1. The predicted molar refractivity (Wildman–Crippen MR) is 103 cm³/mol. The lowest BCUT2D eigenvalue weighted by molar-refractivity contribution is -0.140. The first kappa shape index (κ1) is 19.6. The molecule has 7 nitrogen and oxygen atoms in total. The molecule has 1 aromatic heterocycles. The molecule has 1 aliphatic rings. The van der Waals surface area contributed by atoms with Crippen molar-refractivity contribution >= 4 is 17.4 Å². The number of benzene rings is 1. The van der Waals surface area contributed by atoms with Crippen LogP contribution in [0.3, 0.4) is 0 Å². The predicted octanol–water partition coefficient (Wildman–Crippen LogP) is 2.55. The lowest BCUT2D eigenvalue weighted by Crippen LogP contribution is -2.31. The van der Waals surface area contributed by atoms with Crippen LogP contribution >= 0.6 is 0 Å². The average molecular weight is 382 g/mol. The molecule has 3 rings (SSSR count). The second kappa shape index (κ2) is 8.67. The Hall–Kier alpha value is -3.19. The van der Waals surface area contributed by atoms with Crippen LogP contribution in [0.4, 0.5) is 0 Å². The molecule has 1 fully saturated rings. The van der Waals surface area contributed by atoms with Gasteiger partial charge in [0.25, 0.3) is 11.7 Å². The highest BCUT2D eigenvalue weighted by Crippen LogP contribution is 2.39. The van der Waals surface area contributed by atoms with E-state index in [0.717, 1.165) is 0 Å². The van der Waals surface area contributed by atoms with Crippen molar-refractivity contribution in [3.05, 3.63) is 65.5 Å². The fourth-order valence-corrected chi connectivity index (χ4v) is 3.29. The third kappa shape index (κ3) is 3.75. The molecule has 28 heavy (non-hydrogen) atoms. The van der Waals surface area contributed by atoms with E-state index in [1.54, 1.807) is 50.6 Å². The van der Waals surface area contributed by atoms with Crippen LogP contribution in [-0.4, -0.2) is 54.1 Å². The number of aliphatic hydroxyl groups excluding tert-OH is 1. The van der Waals surface area contributed by atoms with E-state index in [2.05, 4.69) is 4.98 Å². The van der Waals surface area contributed by atoms with Crippen LogP contribution in [0.2, 0.25) is 0 Å². The van der Waals surface area contributed by atoms with Crippen molar-refractivity contribution in [2.45, 2.75) is 12.5 Å². The molecule has 0 radical (unpaired) electrons. The van der Waals surface area contributed by atoms with Gasteiger partial charge in [-0.05, 0) is 36.2 Å². The van der Waals surface area contributed by atoms with Gasteiger partial charge in [-0.1, -0.05) is 12.1 Å². The van der Waals surface area contributed by atoms with Crippen molar-refractivity contribution in [1.29, 1.82) is 0 Å². The Morgan fingerprint density at radius 2 is 1.79 bits per heavy atom. The molecule has 2 heterocycles. The van der Waals surface area contributed by atoms with E-state index in [9.17, 15) is 14.7 Å². The average Bonchev–Trinajstić information content (AvgIpc) is 2.99. The number of ketones is 1. The molecule has 0 bridgehead atoms. The van der Waals surface area contributed by atoms with Crippen LogP contribution < -0.4 is 4.74 Å². The van der Waals surface area contributed by atoms with E-state index in [-0.39, 0.29) is 11.3 Å². The summed E-state index contributed by atoms with van der Waals surface area (Å²) in [4.78, 5) is 30.9. The van der Waals surface area contributed by atoms with Crippen LogP contribution in [0.15, 0.2) is 54.4 Å². The Balaban J connectivity index is 2.09. The zero-order valence-corrected chi connectivity index (χ0v) is 15.8. The molecule has 1 aromatic carbocycles. The van der Waals surface area contributed by atoms with Gasteiger partial charge in [0.1, 0.15) is 11.5 Å². The van der Waals surface area contributed by atoms with Gasteiger partial charge in [-0.2, -0.15) is 0 Å². The first-order valence-electron chi connectivity index (χ1n) is 8.90. The fraction of sp³-hybridized carbons (Fsp3) is 0.286. The van der Waals surface area contributed by atoms with E-state index >= 15 is 0 Å². The molecule has 1 amide bonds. The quantitative estimate of drug-likeness (QED) is 0.343. The third-order valence-corrected chi connectivity index (χ3v) is 4.67. The number of nitrogens with zero attached hydrogens (tertiary/aromatic N) is 2. The summed E-state index contributed by atoms with van der Waals surface area (Å²) in [5.41, 5.74) is 1.22. The Bertz CT molecular complexity index is 877. The summed E-state index contributed by atoms with van der Waals surface area (Å²) in [5.74, 6) is -0.884. The van der Waals surface area contributed by atoms with Crippen molar-refractivity contribution in [3.8, 4) is 5.75 Å². The smallest absolute Gasteiger partial charge is 0.295 e. The molecule has 1 unspecified atom stereocenters. The minimum atomic E-state index is -0.701. The van der Waals surface area contributed by atoms with Crippen molar-refractivity contribution in [2.75, 3.05) is 27.4 Å². The number of pyridine rings is 1. The summed E-state index contributed by atoms with van der Waals surface area (Å²) in [6.07, 6.45) is 3.61. The molecule has 1 atom stereocenters. The Labute approximate surface area is 163 Å². The number of ether oxygens (including phenoxy) is 2. The number of Topliss-reactive ketones (excluding diaryl/α,β-unsaturated/α-hetero) is 1. The lowest BCUT2D eigenvalue weighted by atomic mass is 9.95. The standard InChI is InChI=1S/C21H22N2O5/c1-27-13-3-12-23-18(14-4-6-16(28-2)7-5-14)17(20(25)21(23)26)19(24)15-8-10-22-11-9-15/h4-11,18,24H,3,12-13H2,1-2H3/b19-17-. The lowest BCUT2D eigenvalue weighted by Gasteiger charge is -2.25. The number of carbonyl (C=O) groups is 2. The van der Waals surface area contributed by atoms with E-state index in [1.165, 1.54) is 17.3 Å². The molecule has 0 spiro atoms. The van der Waals surface area contributed by atoms with Gasteiger partial charge in [-0.25, -0.2) is 0 Å². The number of rotatable bonds is 7. The highest BCUT2D eigenvalue weighted by molar-refractivity contribution is 6.46. The van der Waals surface area contributed by atoms with Crippen LogP contribution in [0.25, 0.3) is 5.76 Å². The molecule has 1 saturated heterocycles. The zero-order chi connectivity index (χ0) is 20.1. The van der Waals surface area contributed by atoms with E-state index in [0.29, 0.717) is 36.4 Å². The molecular formula is C21H22N2O5. The maximum Gasteiger partial charge on any atom is 0.295 e. The molecular weight excluding hydrogens is 360 g/mol. The van der Waals surface area contributed by atoms with E-state index in [4.69, 9.17) is 9.47 Å². The summed E-state index contributed by atoms with van der Waals surface area (Å²) >= 11 is 0. The number of aromatic nitrogens is 1. The maximum absolute atomic E-state index is 12.8. The van der Waals surface area contributed by atoms with Crippen LogP contribution in [0, 0.1) is 0 Å². The Kier molecular flexibility index (Phi) is 6.06. The normalized spacial score (nSPS) is 18.5. The molecule has 2 aromatic rings. The first-order valence-corrected chi connectivity index (χ1v) is 8.90. The SMILES string of the molecule is COCCCN1C(=O)C(=O)/C(=C(\O)c2ccncc2)C1c1ccc(OC)cc1. The van der Waals surface area contributed by atoms with E-state index in [1.807, 2.05) is 0 Å². The summed E-state index contributed by atoms with van der Waals surface area (Å²) in [6, 6.07) is 9.61. The van der Waals surface area contributed by atoms with Gasteiger partial charge >= 0.3 is 0 Å². The zero-order valence-electron chi connectivity index (χ0n) is 15.8. The number of likely N-dealkylation sites (tertiary alicyclic amines) is 1.